The van der Waals surface area contributed by atoms with E-state index in [0.29, 0.717) is 31.2 Å². The molecule has 7 nitrogen and oxygen atoms in total. The number of nitrogens with zero attached hydrogens (tertiary/aromatic N) is 2. The molecule has 0 saturated carbocycles. The Labute approximate surface area is 148 Å². The number of hydrogen-bond donors (Lipinski definition) is 2. The van der Waals surface area contributed by atoms with Crippen LogP contribution in [0.2, 0.25) is 0 Å². The minimum atomic E-state index is -0.696. The highest BCUT2D eigenvalue weighted by atomic mass is 16.6. The molecular formula is C18H26N4O3. The number of hydrogen-bond acceptors (Lipinski definition) is 5. The van der Waals surface area contributed by atoms with E-state index in [-0.39, 0.29) is 17.3 Å². The molecule has 25 heavy (non-hydrogen) atoms. The zero-order valence-corrected chi connectivity index (χ0v) is 14.8. The van der Waals surface area contributed by atoms with E-state index in [0.717, 1.165) is 0 Å². The molecule has 136 valence electrons. The highest BCUT2D eigenvalue weighted by Gasteiger charge is 2.22. The summed E-state index contributed by atoms with van der Waals surface area (Å²) in [4.78, 5) is 24.2. The summed E-state index contributed by atoms with van der Waals surface area (Å²) in [6, 6.07) is 4.32. The molecule has 0 aliphatic carbocycles. The van der Waals surface area contributed by atoms with E-state index < -0.39 is 10.8 Å². The van der Waals surface area contributed by atoms with Crippen molar-refractivity contribution < 1.29 is 9.72 Å². The summed E-state index contributed by atoms with van der Waals surface area (Å²) >= 11 is 0. The van der Waals surface area contributed by atoms with Crippen LogP contribution in [-0.4, -0.2) is 41.4 Å². The highest BCUT2D eigenvalue weighted by Crippen LogP contribution is 2.26. The maximum Gasteiger partial charge on any atom is 0.293 e. The summed E-state index contributed by atoms with van der Waals surface area (Å²) in [6.07, 6.45) is 3.64. The molecule has 0 bridgehead atoms. The Hall–Kier alpha value is -2.67. The summed E-state index contributed by atoms with van der Waals surface area (Å²) in [5.41, 5.74) is 5.49. The molecule has 1 aromatic carbocycles. The SMILES string of the molecule is C=CCN(CC=C)[C@H](CNc1ccc(C(N)=O)cc1[N+](=O)[O-])C(C)C. The van der Waals surface area contributed by atoms with Crippen LogP contribution in [0, 0.1) is 16.0 Å². The van der Waals surface area contributed by atoms with E-state index in [9.17, 15) is 14.9 Å². The van der Waals surface area contributed by atoms with Crippen molar-refractivity contribution in [1.82, 2.24) is 4.90 Å². The van der Waals surface area contributed by atoms with Gasteiger partial charge in [-0.2, -0.15) is 0 Å². The zero-order chi connectivity index (χ0) is 19.0. The first kappa shape index (κ1) is 20.4. The fraction of sp³-hybridized carbons (Fsp3) is 0.389. The van der Waals surface area contributed by atoms with Crippen LogP contribution in [0.25, 0.3) is 0 Å². The van der Waals surface area contributed by atoms with Crippen molar-refractivity contribution in [3.8, 4) is 0 Å². The molecule has 1 aromatic rings. The lowest BCUT2D eigenvalue weighted by molar-refractivity contribution is -0.384. The number of rotatable bonds is 11. The summed E-state index contributed by atoms with van der Waals surface area (Å²) in [5.74, 6) is -0.380. The van der Waals surface area contributed by atoms with E-state index in [2.05, 4.69) is 37.2 Å². The maximum absolute atomic E-state index is 11.3. The van der Waals surface area contributed by atoms with Gasteiger partial charge in [0.15, 0.2) is 0 Å². The maximum atomic E-state index is 11.3. The van der Waals surface area contributed by atoms with Crippen LogP contribution in [0.15, 0.2) is 43.5 Å². The number of carbonyl (C=O) groups is 1. The summed E-state index contributed by atoms with van der Waals surface area (Å²) in [6.45, 7) is 13.6. The van der Waals surface area contributed by atoms with Gasteiger partial charge in [-0.25, -0.2) is 0 Å². The molecule has 0 aliphatic heterocycles. The van der Waals surface area contributed by atoms with Gasteiger partial charge in [-0.15, -0.1) is 13.2 Å². The molecule has 1 atom stereocenters. The Morgan fingerprint density at radius 2 is 1.96 bits per heavy atom. The lowest BCUT2D eigenvalue weighted by Gasteiger charge is -2.33. The Kier molecular flexibility index (Phi) is 7.81. The Morgan fingerprint density at radius 3 is 2.40 bits per heavy atom. The van der Waals surface area contributed by atoms with Crippen molar-refractivity contribution in [2.24, 2.45) is 11.7 Å². The van der Waals surface area contributed by atoms with Gasteiger partial charge in [-0.3, -0.25) is 19.8 Å². The lowest BCUT2D eigenvalue weighted by Crippen LogP contribution is -2.43. The van der Waals surface area contributed by atoms with E-state index in [1.165, 1.54) is 18.2 Å². The van der Waals surface area contributed by atoms with Crippen LogP contribution in [0.1, 0.15) is 24.2 Å². The quantitative estimate of drug-likeness (QED) is 0.364. The summed E-state index contributed by atoms with van der Waals surface area (Å²) in [5, 5.41) is 14.4. The van der Waals surface area contributed by atoms with Crippen molar-refractivity contribution in [2.75, 3.05) is 25.0 Å². The van der Waals surface area contributed by atoms with Crippen molar-refractivity contribution in [2.45, 2.75) is 19.9 Å². The van der Waals surface area contributed by atoms with E-state index in [4.69, 9.17) is 5.73 Å². The van der Waals surface area contributed by atoms with Gasteiger partial charge in [0.05, 0.1) is 4.92 Å². The molecule has 1 rings (SSSR count). The van der Waals surface area contributed by atoms with Crippen LogP contribution in [0.5, 0.6) is 0 Å². The standard InChI is InChI=1S/C18H26N4O3/c1-5-9-21(10-6-2)17(13(3)4)12-20-15-8-7-14(18(19)23)11-16(15)22(24)25/h5-8,11,13,17,20H,1-2,9-10,12H2,3-4H3,(H2,19,23)/t17-/m1/s1. The van der Waals surface area contributed by atoms with Crippen LogP contribution in [-0.2, 0) is 0 Å². The molecule has 0 spiro atoms. The number of anilines is 1. The average Bonchev–Trinajstić information content (AvgIpc) is 2.54. The molecule has 0 fully saturated rings. The van der Waals surface area contributed by atoms with Crippen LogP contribution in [0.4, 0.5) is 11.4 Å². The predicted octanol–water partition coefficient (Wildman–Crippen LogP) is 2.80. The second kappa shape index (κ2) is 9.58. The Morgan fingerprint density at radius 1 is 1.36 bits per heavy atom. The minimum Gasteiger partial charge on any atom is -0.378 e. The third kappa shape index (κ3) is 5.72. The van der Waals surface area contributed by atoms with Crippen molar-refractivity contribution in [3.05, 3.63) is 59.2 Å². The third-order valence-electron chi connectivity index (χ3n) is 3.95. The smallest absolute Gasteiger partial charge is 0.293 e. The summed E-state index contributed by atoms with van der Waals surface area (Å²) < 4.78 is 0. The molecule has 0 heterocycles. The fourth-order valence-electron chi connectivity index (χ4n) is 2.66. The van der Waals surface area contributed by atoms with Crippen molar-refractivity contribution in [3.63, 3.8) is 0 Å². The molecule has 3 N–H and O–H groups in total. The van der Waals surface area contributed by atoms with Crippen LogP contribution in [0.3, 0.4) is 0 Å². The van der Waals surface area contributed by atoms with E-state index >= 15 is 0 Å². The van der Waals surface area contributed by atoms with Gasteiger partial charge in [0.2, 0.25) is 5.91 Å². The average molecular weight is 346 g/mol. The Bertz CT molecular complexity index is 633. The number of nitrogens with two attached hydrogens (primary N) is 1. The molecule has 0 radical (unpaired) electrons. The van der Waals surface area contributed by atoms with E-state index in [1.807, 2.05) is 12.2 Å². The minimum absolute atomic E-state index is 0.109. The van der Waals surface area contributed by atoms with Gasteiger partial charge >= 0.3 is 0 Å². The van der Waals surface area contributed by atoms with Gasteiger partial charge < -0.3 is 11.1 Å². The monoisotopic (exact) mass is 346 g/mol. The second-order valence-corrected chi connectivity index (χ2v) is 6.08. The third-order valence-corrected chi connectivity index (χ3v) is 3.95. The van der Waals surface area contributed by atoms with Gasteiger partial charge in [0.1, 0.15) is 5.69 Å². The van der Waals surface area contributed by atoms with Crippen molar-refractivity contribution >= 4 is 17.3 Å². The highest BCUT2D eigenvalue weighted by molar-refractivity contribution is 5.94. The first-order valence-corrected chi connectivity index (χ1v) is 8.09. The largest absolute Gasteiger partial charge is 0.378 e. The number of nitrogens with one attached hydrogen (secondary N) is 1. The number of carbonyl (C=O) groups excluding carboxylic acids is 1. The summed E-state index contributed by atoms with van der Waals surface area (Å²) in [7, 11) is 0. The number of amides is 1. The molecule has 0 aliphatic rings. The first-order valence-electron chi connectivity index (χ1n) is 8.09. The second-order valence-electron chi connectivity index (χ2n) is 6.08. The fourth-order valence-corrected chi connectivity index (χ4v) is 2.66. The van der Waals surface area contributed by atoms with Crippen LogP contribution < -0.4 is 11.1 Å². The molecule has 1 amide bonds. The molecule has 0 unspecified atom stereocenters. The normalized spacial score (nSPS) is 12.0. The molecule has 0 saturated heterocycles. The van der Waals surface area contributed by atoms with E-state index in [1.54, 1.807) is 0 Å². The topological polar surface area (TPSA) is 102 Å². The predicted molar refractivity (Wildman–Crippen MR) is 101 cm³/mol. The van der Waals surface area contributed by atoms with Gasteiger partial charge in [0.25, 0.3) is 5.69 Å². The number of nitro groups is 1. The molecule has 7 heteroatoms. The number of primary amides is 1. The van der Waals surface area contributed by atoms with Gasteiger partial charge in [-0.1, -0.05) is 26.0 Å². The number of nitro benzene ring substituents is 1. The molecule has 0 aromatic heterocycles. The van der Waals surface area contributed by atoms with Crippen LogP contribution >= 0.6 is 0 Å². The van der Waals surface area contributed by atoms with Gasteiger partial charge in [0, 0.05) is 37.3 Å². The number of benzene rings is 1. The van der Waals surface area contributed by atoms with Crippen molar-refractivity contribution in [1.29, 1.82) is 0 Å². The lowest BCUT2D eigenvalue weighted by atomic mass is 10.0. The Balaban J connectivity index is 3.02. The van der Waals surface area contributed by atoms with Gasteiger partial charge in [-0.05, 0) is 18.1 Å². The zero-order valence-electron chi connectivity index (χ0n) is 14.8. The first-order chi connectivity index (χ1) is 11.8. The molecular weight excluding hydrogens is 320 g/mol.